The van der Waals surface area contributed by atoms with Crippen molar-refractivity contribution in [2.24, 2.45) is 0 Å². The van der Waals surface area contributed by atoms with Crippen molar-refractivity contribution in [3.63, 3.8) is 0 Å². The lowest BCUT2D eigenvalue weighted by molar-refractivity contribution is -0.335. The van der Waals surface area contributed by atoms with Crippen LogP contribution in [0, 0.1) is 0 Å². The van der Waals surface area contributed by atoms with Crippen molar-refractivity contribution >= 4 is 11.9 Å². The summed E-state index contributed by atoms with van der Waals surface area (Å²) in [5, 5.41) is 34.9. The predicted molar refractivity (Wildman–Crippen MR) is 215 cm³/mol. The molecule has 5 aromatic carbocycles. The molecule has 2 fully saturated rings. The Labute approximate surface area is 347 Å². The highest BCUT2D eigenvalue weighted by molar-refractivity contribution is 5.90. The summed E-state index contributed by atoms with van der Waals surface area (Å²) >= 11 is 0. The average molecular weight is 821 g/mol. The van der Waals surface area contributed by atoms with E-state index in [2.05, 4.69) is 0 Å². The molecule has 0 bridgehead atoms. The molecule has 10 atom stereocenters. The van der Waals surface area contributed by atoms with Crippen molar-refractivity contribution in [2.75, 3.05) is 13.2 Å². The molecule has 7 rings (SSSR count). The van der Waals surface area contributed by atoms with Gasteiger partial charge in [0.25, 0.3) is 0 Å². The Balaban J connectivity index is 1.10. The molecular weight excluding hydrogens is 773 g/mol. The third-order valence-electron chi connectivity index (χ3n) is 10.1. The summed E-state index contributed by atoms with van der Waals surface area (Å²) in [6.07, 6.45) is -13.6. The van der Waals surface area contributed by atoms with Crippen LogP contribution in [0.4, 0.5) is 0 Å². The Morgan fingerprint density at radius 1 is 0.450 bits per heavy atom. The van der Waals surface area contributed by atoms with Crippen LogP contribution in [0.15, 0.2) is 152 Å². The van der Waals surface area contributed by atoms with E-state index in [-0.39, 0.29) is 37.6 Å². The SMILES string of the molecule is O=C(O[C@@H]1[C@@H](OC(=O)c2ccccc2)[C@@H](O)[C@@H](CO[C@H]2O[C@H](COCc3ccccc3)[C@@H](OCc3ccccc3)[C@H](OCc3ccccc3)[C@H]2O)O[C@H]1O)c1ccccc1. The summed E-state index contributed by atoms with van der Waals surface area (Å²) in [5.74, 6) is -1.67. The van der Waals surface area contributed by atoms with E-state index in [1.807, 2.05) is 91.0 Å². The molecule has 13 heteroatoms. The first-order valence-electron chi connectivity index (χ1n) is 19.8. The van der Waals surface area contributed by atoms with Crippen LogP contribution in [0.5, 0.6) is 0 Å². The zero-order valence-electron chi connectivity index (χ0n) is 32.7. The Kier molecular flexibility index (Phi) is 15.2. The number of carbonyl (C=O) groups excluding carboxylic acids is 2. The lowest BCUT2D eigenvalue weighted by Crippen LogP contribution is -2.63. The number of hydrogen-bond acceptors (Lipinski definition) is 13. The Morgan fingerprint density at radius 2 is 0.900 bits per heavy atom. The van der Waals surface area contributed by atoms with Crippen molar-refractivity contribution in [1.82, 2.24) is 0 Å². The molecule has 314 valence electrons. The summed E-state index contributed by atoms with van der Waals surface area (Å²) in [7, 11) is 0. The highest BCUT2D eigenvalue weighted by Gasteiger charge is 2.52. The molecule has 2 aliphatic rings. The molecule has 0 spiro atoms. The minimum atomic E-state index is -1.86. The normalized spacial score (nSPS) is 26.5. The number of aliphatic hydroxyl groups is 3. The van der Waals surface area contributed by atoms with Gasteiger partial charge in [0.1, 0.15) is 36.6 Å². The van der Waals surface area contributed by atoms with E-state index < -0.39 is 80.0 Å². The number of aliphatic hydroxyl groups excluding tert-OH is 3. The maximum absolute atomic E-state index is 13.3. The van der Waals surface area contributed by atoms with E-state index in [0.717, 1.165) is 16.7 Å². The van der Waals surface area contributed by atoms with Crippen LogP contribution in [-0.2, 0) is 57.7 Å². The molecule has 0 radical (unpaired) electrons. The van der Waals surface area contributed by atoms with Crippen molar-refractivity contribution in [3.8, 4) is 0 Å². The summed E-state index contributed by atoms with van der Waals surface area (Å²) in [6.45, 7) is 0.143. The first kappa shape index (κ1) is 42.8. The Hall–Kier alpha value is -5.32. The zero-order valence-corrected chi connectivity index (χ0v) is 32.7. The van der Waals surface area contributed by atoms with Crippen LogP contribution in [-0.4, -0.2) is 102 Å². The quantitative estimate of drug-likeness (QED) is 0.107. The molecule has 3 N–H and O–H groups in total. The van der Waals surface area contributed by atoms with Crippen LogP contribution in [0.25, 0.3) is 0 Å². The Bertz CT molecular complexity index is 2040. The summed E-state index contributed by atoms with van der Waals surface area (Å²) in [5.41, 5.74) is 3.03. The maximum Gasteiger partial charge on any atom is 0.338 e. The van der Waals surface area contributed by atoms with Crippen molar-refractivity contribution < 1.29 is 62.8 Å². The van der Waals surface area contributed by atoms with E-state index in [1.165, 1.54) is 24.3 Å². The second kappa shape index (κ2) is 21.3. The molecule has 0 aromatic heterocycles. The molecule has 60 heavy (non-hydrogen) atoms. The van der Waals surface area contributed by atoms with Gasteiger partial charge in [0, 0.05) is 0 Å². The summed E-state index contributed by atoms with van der Waals surface area (Å²) in [6, 6.07) is 44.7. The second-order valence-electron chi connectivity index (χ2n) is 14.4. The number of ether oxygens (including phenoxy) is 8. The fraction of sp³-hybridized carbons (Fsp3) is 0.319. The number of carbonyl (C=O) groups is 2. The minimum Gasteiger partial charge on any atom is -0.452 e. The van der Waals surface area contributed by atoms with Gasteiger partial charge in [0.2, 0.25) is 0 Å². The minimum absolute atomic E-state index is 0.0272. The molecule has 0 amide bonds. The zero-order chi connectivity index (χ0) is 41.7. The molecule has 2 aliphatic heterocycles. The largest absolute Gasteiger partial charge is 0.452 e. The highest BCUT2D eigenvalue weighted by Crippen LogP contribution is 2.32. The average Bonchev–Trinajstić information content (AvgIpc) is 3.29. The number of rotatable bonds is 17. The monoisotopic (exact) mass is 820 g/mol. The smallest absolute Gasteiger partial charge is 0.338 e. The van der Waals surface area contributed by atoms with Gasteiger partial charge >= 0.3 is 11.9 Å². The van der Waals surface area contributed by atoms with E-state index in [0.29, 0.717) is 0 Å². The first-order valence-corrected chi connectivity index (χ1v) is 19.8. The van der Waals surface area contributed by atoms with Gasteiger partial charge < -0.3 is 53.2 Å². The van der Waals surface area contributed by atoms with Gasteiger partial charge in [0.05, 0.1) is 44.2 Å². The van der Waals surface area contributed by atoms with Crippen molar-refractivity contribution in [2.45, 2.75) is 81.2 Å². The van der Waals surface area contributed by atoms with Crippen LogP contribution in [0.2, 0.25) is 0 Å². The topological polar surface area (TPSA) is 169 Å². The van der Waals surface area contributed by atoms with E-state index in [1.54, 1.807) is 36.4 Å². The summed E-state index contributed by atoms with van der Waals surface area (Å²) < 4.78 is 48.6. The molecule has 0 unspecified atom stereocenters. The standard InChI is InChI=1S/C47H48O13/c48-38-36(57-46(52)43(60-45(51)35-24-14-5-15-25-35)42(38)59-44(50)34-22-12-4-13-23-34)30-56-47-39(49)41(55-28-33-20-10-3-11-21-33)40(54-27-32-18-8-2-9-19-32)37(58-47)29-53-26-31-16-6-1-7-17-31/h1-25,36-43,46-49,52H,26-30H2/t36-,37-,38+,39-,40-,41-,42+,43-,46-,47+/m1/s1. The van der Waals surface area contributed by atoms with Crippen LogP contribution in [0.3, 0.4) is 0 Å². The van der Waals surface area contributed by atoms with Crippen LogP contribution >= 0.6 is 0 Å². The lowest BCUT2D eigenvalue weighted by Gasteiger charge is -2.45. The van der Waals surface area contributed by atoms with Crippen molar-refractivity contribution in [3.05, 3.63) is 179 Å². The van der Waals surface area contributed by atoms with Gasteiger partial charge in [-0.05, 0) is 41.0 Å². The van der Waals surface area contributed by atoms with Crippen molar-refractivity contribution in [1.29, 1.82) is 0 Å². The third kappa shape index (κ3) is 11.3. The lowest BCUT2D eigenvalue weighted by atomic mass is 9.97. The van der Waals surface area contributed by atoms with Gasteiger partial charge in [-0.3, -0.25) is 0 Å². The fourth-order valence-corrected chi connectivity index (χ4v) is 6.99. The summed E-state index contributed by atoms with van der Waals surface area (Å²) in [4.78, 5) is 26.4. The number of esters is 2. The van der Waals surface area contributed by atoms with Gasteiger partial charge in [-0.2, -0.15) is 0 Å². The van der Waals surface area contributed by atoms with Gasteiger partial charge in [0.15, 0.2) is 24.8 Å². The number of hydrogen-bond donors (Lipinski definition) is 3. The van der Waals surface area contributed by atoms with Gasteiger partial charge in [-0.15, -0.1) is 0 Å². The molecule has 13 nitrogen and oxygen atoms in total. The Morgan fingerprint density at radius 3 is 1.42 bits per heavy atom. The van der Waals surface area contributed by atoms with E-state index in [4.69, 9.17) is 37.9 Å². The molecule has 0 saturated carbocycles. The number of benzene rings is 5. The molecule has 0 aliphatic carbocycles. The van der Waals surface area contributed by atoms with Gasteiger partial charge in [-0.25, -0.2) is 9.59 Å². The predicted octanol–water partition coefficient (Wildman–Crippen LogP) is 5.01. The van der Waals surface area contributed by atoms with Crippen LogP contribution < -0.4 is 0 Å². The fourth-order valence-electron chi connectivity index (χ4n) is 6.99. The second-order valence-corrected chi connectivity index (χ2v) is 14.4. The first-order chi connectivity index (χ1) is 29.3. The molecule has 5 aromatic rings. The third-order valence-corrected chi connectivity index (χ3v) is 10.1. The van der Waals surface area contributed by atoms with E-state index >= 15 is 0 Å². The molecular formula is C47H48O13. The van der Waals surface area contributed by atoms with E-state index in [9.17, 15) is 24.9 Å². The highest BCUT2D eigenvalue weighted by atomic mass is 16.7. The molecule has 2 heterocycles. The van der Waals surface area contributed by atoms with Gasteiger partial charge in [-0.1, -0.05) is 127 Å². The van der Waals surface area contributed by atoms with Crippen LogP contribution in [0.1, 0.15) is 37.4 Å². The maximum atomic E-state index is 13.3. The molecule has 2 saturated heterocycles.